The summed E-state index contributed by atoms with van der Waals surface area (Å²) < 4.78 is 12.6. The summed E-state index contributed by atoms with van der Waals surface area (Å²) in [5, 5.41) is 3.20. The van der Waals surface area contributed by atoms with Gasteiger partial charge in [0.05, 0.1) is 0 Å². The van der Waals surface area contributed by atoms with Gasteiger partial charge in [0.2, 0.25) is 0 Å². The number of nitrogens with one attached hydrogen (secondary N) is 1. The average molecular weight is 205 g/mol. The third-order valence-electron chi connectivity index (χ3n) is 1.87. The molecular formula is C10H18AlFLiN. The van der Waals surface area contributed by atoms with Gasteiger partial charge in [0.25, 0.3) is 0 Å². The van der Waals surface area contributed by atoms with Gasteiger partial charge in [-0.2, -0.15) is 0 Å². The average Bonchev–Trinajstić information content (AvgIpc) is 2.03. The van der Waals surface area contributed by atoms with Crippen molar-refractivity contribution in [3.8, 4) is 0 Å². The van der Waals surface area contributed by atoms with Gasteiger partial charge in [-0.05, 0) is 36.7 Å². The fraction of sp³-hybridized carbons (Fsp3) is 0.400. The van der Waals surface area contributed by atoms with Crippen molar-refractivity contribution < 1.29 is 4.39 Å². The Balaban J connectivity index is 0. The van der Waals surface area contributed by atoms with E-state index >= 15 is 0 Å². The Morgan fingerprint density at radius 2 is 2.00 bits per heavy atom. The van der Waals surface area contributed by atoms with E-state index in [1.165, 1.54) is 11.6 Å². The molecule has 1 nitrogen and oxygen atoms in total. The number of rotatable bonds is 3. The van der Waals surface area contributed by atoms with Gasteiger partial charge in [0.1, 0.15) is 5.82 Å². The van der Waals surface area contributed by atoms with Crippen LogP contribution < -0.4 is 5.32 Å². The Morgan fingerprint density at radius 3 is 2.50 bits per heavy atom. The van der Waals surface area contributed by atoms with Crippen molar-refractivity contribution in [3.05, 3.63) is 35.1 Å². The van der Waals surface area contributed by atoms with E-state index in [2.05, 4.69) is 12.2 Å². The van der Waals surface area contributed by atoms with Gasteiger partial charge >= 0.3 is 18.9 Å². The molecule has 1 N–H and O–H groups in total. The molecule has 0 atom stereocenters. The molecule has 0 aliphatic heterocycles. The molecule has 0 saturated heterocycles. The third kappa shape index (κ3) is 5.20. The van der Waals surface area contributed by atoms with E-state index < -0.39 is 0 Å². The van der Waals surface area contributed by atoms with E-state index in [9.17, 15) is 4.39 Å². The topological polar surface area (TPSA) is 12.0 Å². The maximum absolute atomic E-state index is 12.6. The van der Waals surface area contributed by atoms with Gasteiger partial charge in [-0.1, -0.05) is 13.0 Å². The predicted octanol–water partition coefficient (Wildman–Crippen LogP) is 0.411. The SMILES string of the molecule is CCNCc1ccc(F)cc1C.[AlH3].[LiH]. The van der Waals surface area contributed by atoms with E-state index in [4.69, 9.17) is 0 Å². The Morgan fingerprint density at radius 1 is 1.36 bits per heavy atom. The first-order valence-electron chi connectivity index (χ1n) is 4.19. The van der Waals surface area contributed by atoms with Gasteiger partial charge in [0, 0.05) is 6.54 Å². The summed E-state index contributed by atoms with van der Waals surface area (Å²) in [7, 11) is 0. The van der Waals surface area contributed by atoms with E-state index in [0.717, 1.165) is 18.7 Å². The maximum atomic E-state index is 12.6. The van der Waals surface area contributed by atoms with Crippen LogP contribution in [-0.4, -0.2) is 42.8 Å². The molecule has 0 fully saturated rings. The van der Waals surface area contributed by atoms with Crippen LogP contribution in [0.5, 0.6) is 0 Å². The Labute approximate surface area is 108 Å². The van der Waals surface area contributed by atoms with Crippen molar-refractivity contribution >= 4 is 36.2 Å². The van der Waals surface area contributed by atoms with Crippen LogP contribution in [0.4, 0.5) is 4.39 Å². The molecule has 0 aromatic heterocycles. The molecule has 0 aliphatic rings. The monoisotopic (exact) mass is 205 g/mol. The quantitative estimate of drug-likeness (QED) is 0.705. The molecule has 0 radical (unpaired) electrons. The van der Waals surface area contributed by atoms with Crippen molar-refractivity contribution in [1.29, 1.82) is 0 Å². The molecule has 74 valence electrons. The zero-order valence-corrected chi connectivity index (χ0v) is 7.52. The zero-order chi connectivity index (χ0) is 8.97. The Hall–Kier alpha value is 0.240. The molecule has 0 heterocycles. The van der Waals surface area contributed by atoms with Crippen LogP contribution in [0.1, 0.15) is 18.1 Å². The first kappa shape index (κ1) is 16.7. The second-order valence-electron chi connectivity index (χ2n) is 2.85. The fourth-order valence-electron chi connectivity index (χ4n) is 1.12. The molecule has 0 saturated carbocycles. The van der Waals surface area contributed by atoms with E-state index in [-0.39, 0.29) is 42.0 Å². The third-order valence-corrected chi connectivity index (χ3v) is 1.87. The summed E-state index contributed by atoms with van der Waals surface area (Å²) in [4.78, 5) is 0. The molecule has 1 rings (SSSR count). The molecule has 0 aliphatic carbocycles. The summed E-state index contributed by atoms with van der Waals surface area (Å²) in [6.45, 7) is 5.74. The van der Waals surface area contributed by atoms with Crippen molar-refractivity contribution in [3.63, 3.8) is 0 Å². The number of benzene rings is 1. The first-order chi connectivity index (χ1) is 5.74. The zero-order valence-electron chi connectivity index (χ0n) is 7.52. The van der Waals surface area contributed by atoms with Crippen molar-refractivity contribution in [2.24, 2.45) is 0 Å². The van der Waals surface area contributed by atoms with Crippen LogP contribution in [0.15, 0.2) is 18.2 Å². The molecule has 0 unspecified atom stereocenters. The molecule has 0 spiro atoms. The van der Waals surface area contributed by atoms with Crippen LogP contribution in [0.25, 0.3) is 0 Å². The van der Waals surface area contributed by atoms with Gasteiger partial charge in [-0.15, -0.1) is 0 Å². The second kappa shape index (κ2) is 8.54. The Kier molecular flexibility index (Phi) is 10.2. The van der Waals surface area contributed by atoms with Crippen LogP contribution in [0.2, 0.25) is 0 Å². The molecule has 1 aromatic rings. The van der Waals surface area contributed by atoms with Crippen LogP contribution in [-0.2, 0) is 6.54 Å². The van der Waals surface area contributed by atoms with E-state index in [1.807, 2.05) is 13.0 Å². The molecule has 0 amide bonds. The van der Waals surface area contributed by atoms with Gasteiger partial charge in [-0.25, -0.2) is 4.39 Å². The normalized spacial score (nSPS) is 8.79. The Bertz CT molecular complexity index is 268. The van der Waals surface area contributed by atoms with Crippen molar-refractivity contribution in [1.82, 2.24) is 5.32 Å². The summed E-state index contributed by atoms with van der Waals surface area (Å²) in [5.41, 5.74) is 2.18. The number of halogens is 1. The van der Waals surface area contributed by atoms with Gasteiger partial charge in [0.15, 0.2) is 17.4 Å². The fourth-order valence-corrected chi connectivity index (χ4v) is 1.12. The number of hydrogen-bond acceptors (Lipinski definition) is 1. The molecule has 0 bridgehead atoms. The van der Waals surface area contributed by atoms with Crippen molar-refractivity contribution in [2.75, 3.05) is 6.54 Å². The van der Waals surface area contributed by atoms with Crippen LogP contribution >= 0.6 is 0 Å². The number of aryl methyl sites for hydroxylation is 1. The summed E-state index contributed by atoms with van der Waals surface area (Å²) >= 11 is 0. The van der Waals surface area contributed by atoms with Crippen molar-refractivity contribution in [2.45, 2.75) is 20.4 Å². The van der Waals surface area contributed by atoms with Gasteiger partial charge in [-0.3, -0.25) is 0 Å². The molecule has 1 aromatic carbocycles. The standard InChI is InChI=1S/C10H14FN.Al.Li.4H/c1-3-12-7-9-4-5-10(11)6-8(9)2;;;;;;/h4-6,12H,3,7H2,1-2H3;;;;;;. The minimum absolute atomic E-state index is 0. The first-order valence-corrected chi connectivity index (χ1v) is 4.19. The van der Waals surface area contributed by atoms with E-state index in [1.54, 1.807) is 6.07 Å². The van der Waals surface area contributed by atoms with Crippen LogP contribution in [0, 0.1) is 12.7 Å². The summed E-state index contributed by atoms with van der Waals surface area (Å²) in [6, 6.07) is 4.89. The van der Waals surface area contributed by atoms with Gasteiger partial charge < -0.3 is 5.32 Å². The number of hydrogen-bond donors (Lipinski definition) is 1. The van der Waals surface area contributed by atoms with Crippen LogP contribution in [0.3, 0.4) is 0 Å². The summed E-state index contributed by atoms with van der Waals surface area (Å²) in [6.07, 6.45) is 0. The minimum atomic E-state index is -0.159. The molecular weight excluding hydrogens is 187 g/mol. The predicted molar refractivity (Wildman–Crippen MR) is 65.6 cm³/mol. The van der Waals surface area contributed by atoms with E-state index in [0.29, 0.717) is 0 Å². The second-order valence-corrected chi connectivity index (χ2v) is 2.85. The molecule has 4 heteroatoms. The molecule has 14 heavy (non-hydrogen) atoms. The summed E-state index contributed by atoms with van der Waals surface area (Å²) in [5.74, 6) is -0.159.